The smallest absolute Gasteiger partial charge is 0.222 e. The number of hydrogen-bond donors (Lipinski definition) is 2. The van der Waals surface area contributed by atoms with Gasteiger partial charge in [-0.1, -0.05) is 30.3 Å². The Balaban J connectivity index is 1.51. The summed E-state index contributed by atoms with van der Waals surface area (Å²) in [7, 11) is 0. The number of rotatable bonds is 7. The van der Waals surface area contributed by atoms with E-state index in [1.807, 2.05) is 11.0 Å². The number of nitrogens with one attached hydrogen (secondary N) is 1. The van der Waals surface area contributed by atoms with Gasteiger partial charge >= 0.3 is 0 Å². The minimum Gasteiger partial charge on any atom is -0.341 e. The summed E-state index contributed by atoms with van der Waals surface area (Å²) in [5, 5.41) is 3.65. The molecule has 126 valence electrons. The van der Waals surface area contributed by atoms with Crippen molar-refractivity contribution in [3.8, 4) is 0 Å². The van der Waals surface area contributed by atoms with Crippen molar-refractivity contribution in [1.29, 1.82) is 0 Å². The standard InChI is InChI=1S/C19H29N3O/c20-9-11-22(10-8-15-4-2-1-3-5-15)19(23)14-16-12-17-6-7-18(13-16)21-17/h1-5,16-18,21H,6-14,20H2. The molecule has 4 nitrogen and oxygen atoms in total. The first kappa shape index (κ1) is 16.5. The van der Waals surface area contributed by atoms with E-state index in [0.717, 1.165) is 25.8 Å². The van der Waals surface area contributed by atoms with Crippen LogP contribution in [0.15, 0.2) is 30.3 Å². The van der Waals surface area contributed by atoms with Crippen LogP contribution in [0.25, 0.3) is 0 Å². The van der Waals surface area contributed by atoms with E-state index >= 15 is 0 Å². The molecular weight excluding hydrogens is 286 g/mol. The van der Waals surface area contributed by atoms with Gasteiger partial charge in [-0.3, -0.25) is 4.79 Å². The maximum absolute atomic E-state index is 12.7. The second-order valence-corrected chi connectivity index (χ2v) is 7.08. The van der Waals surface area contributed by atoms with E-state index in [4.69, 9.17) is 5.73 Å². The maximum Gasteiger partial charge on any atom is 0.222 e. The van der Waals surface area contributed by atoms with Crippen molar-refractivity contribution in [3.05, 3.63) is 35.9 Å². The first-order chi connectivity index (χ1) is 11.2. The fraction of sp³-hybridized carbons (Fsp3) is 0.632. The van der Waals surface area contributed by atoms with Gasteiger partial charge in [0.2, 0.25) is 5.91 Å². The topological polar surface area (TPSA) is 58.4 Å². The van der Waals surface area contributed by atoms with Crippen molar-refractivity contribution in [2.75, 3.05) is 19.6 Å². The second kappa shape index (κ2) is 7.93. The van der Waals surface area contributed by atoms with Crippen LogP contribution >= 0.6 is 0 Å². The summed E-state index contributed by atoms with van der Waals surface area (Å²) in [6.45, 7) is 1.99. The quantitative estimate of drug-likeness (QED) is 0.808. The Morgan fingerprint density at radius 3 is 2.48 bits per heavy atom. The van der Waals surface area contributed by atoms with E-state index < -0.39 is 0 Å². The number of nitrogens with two attached hydrogens (primary N) is 1. The van der Waals surface area contributed by atoms with E-state index in [2.05, 4.69) is 29.6 Å². The predicted molar refractivity (Wildman–Crippen MR) is 93.1 cm³/mol. The van der Waals surface area contributed by atoms with Crippen LogP contribution < -0.4 is 11.1 Å². The number of carbonyl (C=O) groups excluding carboxylic acids is 1. The molecular formula is C19H29N3O. The van der Waals surface area contributed by atoms with E-state index in [0.29, 0.717) is 37.5 Å². The monoisotopic (exact) mass is 315 g/mol. The van der Waals surface area contributed by atoms with Gasteiger partial charge in [-0.25, -0.2) is 0 Å². The van der Waals surface area contributed by atoms with Crippen molar-refractivity contribution in [3.63, 3.8) is 0 Å². The third-order valence-electron chi connectivity index (χ3n) is 5.30. The van der Waals surface area contributed by atoms with Crippen molar-refractivity contribution >= 4 is 5.91 Å². The molecule has 2 aliphatic heterocycles. The molecule has 0 aliphatic carbocycles. The minimum absolute atomic E-state index is 0.290. The summed E-state index contributed by atoms with van der Waals surface area (Å²) in [5.74, 6) is 0.843. The molecule has 1 amide bonds. The van der Waals surface area contributed by atoms with Crippen LogP contribution in [0.4, 0.5) is 0 Å². The molecule has 1 aromatic rings. The van der Waals surface area contributed by atoms with Gasteiger partial charge in [0.05, 0.1) is 0 Å². The Bertz CT molecular complexity index is 493. The summed E-state index contributed by atoms with van der Waals surface area (Å²) >= 11 is 0. The Morgan fingerprint density at radius 2 is 1.83 bits per heavy atom. The molecule has 0 spiro atoms. The van der Waals surface area contributed by atoms with Crippen molar-refractivity contribution in [1.82, 2.24) is 10.2 Å². The van der Waals surface area contributed by atoms with Crippen LogP contribution in [-0.4, -0.2) is 42.5 Å². The first-order valence-corrected chi connectivity index (χ1v) is 9.02. The molecule has 2 atom stereocenters. The Labute approximate surface area is 139 Å². The Morgan fingerprint density at radius 1 is 1.13 bits per heavy atom. The molecule has 0 saturated carbocycles. The fourth-order valence-corrected chi connectivity index (χ4v) is 4.14. The van der Waals surface area contributed by atoms with E-state index in [9.17, 15) is 4.79 Å². The molecule has 2 fully saturated rings. The van der Waals surface area contributed by atoms with E-state index in [1.54, 1.807) is 0 Å². The lowest BCUT2D eigenvalue weighted by Crippen LogP contribution is -2.42. The molecule has 2 aliphatic rings. The number of piperidine rings is 1. The number of amides is 1. The highest BCUT2D eigenvalue weighted by Gasteiger charge is 2.34. The third-order valence-corrected chi connectivity index (χ3v) is 5.30. The zero-order chi connectivity index (χ0) is 16.1. The predicted octanol–water partition coefficient (Wildman–Crippen LogP) is 1.94. The van der Waals surface area contributed by atoms with Gasteiger partial charge in [0.1, 0.15) is 0 Å². The van der Waals surface area contributed by atoms with Crippen molar-refractivity contribution < 1.29 is 4.79 Å². The van der Waals surface area contributed by atoms with Gasteiger partial charge in [0.25, 0.3) is 0 Å². The second-order valence-electron chi connectivity index (χ2n) is 7.08. The van der Waals surface area contributed by atoms with Gasteiger partial charge in [-0.2, -0.15) is 0 Å². The lowest BCUT2D eigenvalue weighted by Gasteiger charge is -2.31. The summed E-state index contributed by atoms with van der Waals surface area (Å²) in [6, 6.07) is 11.7. The molecule has 2 heterocycles. The normalized spacial score (nSPS) is 26.2. The van der Waals surface area contributed by atoms with E-state index in [-0.39, 0.29) is 5.91 Å². The summed E-state index contributed by atoms with van der Waals surface area (Å²) in [6.07, 6.45) is 6.51. The average molecular weight is 315 g/mol. The number of carbonyl (C=O) groups is 1. The zero-order valence-electron chi connectivity index (χ0n) is 13.9. The first-order valence-electron chi connectivity index (χ1n) is 9.02. The molecule has 1 aromatic carbocycles. The summed E-state index contributed by atoms with van der Waals surface area (Å²) in [5.41, 5.74) is 7.00. The van der Waals surface area contributed by atoms with Gasteiger partial charge in [-0.15, -0.1) is 0 Å². The average Bonchev–Trinajstić information content (AvgIpc) is 2.91. The van der Waals surface area contributed by atoms with Crippen LogP contribution in [-0.2, 0) is 11.2 Å². The van der Waals surface area contributed by atoms with Crippen molar-refractivity contribution in [2.45, 2.75) is 50.6 Å². The van der Waals surface area contributed by atoms with E-state index in [1.165, 1.54) is 18.4 Å². The van der Waals surface area contributed by atoms with Gasteiger partial charge < -0.3 is 16.0 Å². The molecule has 0 aromatic heterocycles. The molecule has 4 heteroatoms. The molecule has 3 rings (SSSR count). The zero-order valence-corrected chi connectivity index (χ0v) is 13.9. The minimum atomic E-state index is 0.290. The van der Waals surface area contributed by atoms with Crippen LogP contribution in [0.1, 0.15) is 37.7 Å². The highest BCUT2D eigenvalue weighted by Crippen LogP contribution is 2.32. The van der Waals surface area contributed by atoms with Crippen LogP contribution in [0, 0.1) is 5.92 Å². The number of benzene rings is 1. The largest absolute Gasteiger partial charge is 0.341 e. The number of nitrogens with zero attached hydrogens (tertiary/aromatic N) is 1. The summed E-state index contributed by atoms with van der Waals surface area (Å²) < 4.78 is 0. The number of hydrogen-bond acceptors (Lipinski definition) is 3. The van der Waals surface area contributed by atoms with Crippen LogP contribution in [0.5, 0.6) is 0 Å². The molecule has 2 bridgehead atoms. The molecule has 0 radical (unpaired) electrons. The SMILES string of the molecule is NCCN(CCc1ccccc1)C(=O)CC1CC2CCC(C1)N2. The van der Waals surface area contributed by atoms with Gasteiger partial charge in [-0.05, 0) is 43.6 Å². The summed E-state index contributed by atoms with van der Waals surface area (Å²) in [4.78, 5) is 14.7. The third kappa shape index (κ3) is 4.55. The van der Waals surface area contributed by atoms with Crippen LogP contribution in [0.3, 0.4) is 0 Å². The van der Waals surface area contributed by atoms with Gasteiger partial charge in [0, 0.05) is 38.1 Å². The molecule has 23 heavy (non-hydrogen) atoms. The highest BCUT2D eigenvalue weighted by atomic mass is 16.2. The molecule has 3 N–H and O–H groups in total. The fourth-order valence-electron chi connectivity index (χ4n) is 4.14. The highest BCUT2D eigenvalue weighted by molar-refractivity contribution is 5.76. The Kier molecular flexibility index (Phi) is 5.68. The van der Waals surface area contributed by atoms with Gasteiger partial charge in [0.15, 0.2) is 0 Å². The maximum atomic E-state index is 12.7. The lowest BCUT2D eigenvalue weighted by molar-refractivity contribution is -0.132. The Hall–Kier alpha value is -1.39. The van der Waals surface area contributed by atoms with Crippen molar-refractivity contribution in [2.24, 2.45) is 11.7 Å². The lowest BCUT2D eigenvalue weighted by atomic mass is 9.89. The molecule has 2 unspecified atom stereocenters. The molecule has 2 saturated heterocycles. The number of fused-ring (bicyclic) bond motifs is 2. The van der Waals surface area contributed by atoms with Crippen LogP contribution in [0.2, 0.25) is 0 Å².